The van der Waals surface area contributed by atoms with Crippen molar-refractivity contribution in [2.75, 3.05) is 31.7 Å². The van der Waals surface area contributed by atoms with Gasteiger partial charge in [0.05, 0.1) is 18.1 Å². The maximum Gasteiger partial charge on any atom is 0.332 e. The van der Waals surface area contributed by atoms with Crippen LogP contribution in [-0.2, 0) is 59.0 Å². The number of likely N-dealkylation sites (N-methyl/N-ethyl adjacent to an activating group) is 1. The van der Waals surface area contributed by atoms with E-state index in [1.807, 2.05) is 6.92 Å². The van der Waals surface area contributed by atoms with Crippen LogP contribution in [0.2, 0.25) is 0 Å². The van der Waals surface area contributed by atoms with Crippen LogP contribution in [0.1, 0.15) is 98.7 Å². The maximum atomic E-state index is 15.3. The maximum absolute atomic E-state index is 15.3. The minimum Gasteiger partial charge on any atom is -0.487 e. The number of benzene rings is 2. The van der Waals surface area contributed by atoms with Crippen LogP contribution in [0, 0.1) is 17.8 Å². The van der Waals surface area contributed by atoms with E-state index in [0.717, 1.165) is 23.8 Å². The van der Waals surface area contributed by atoms with Crippen LogP contribution >= 0.6 is 11.8 Å². The molecule has 0 saturated carbocycles. The van der Waals surface area contributed by atoms with E-state index in [2.05, 4.69) is 31.9 Å². The first-order chi connectivity index (χ1) is 36.8. The van der Waals surface area contributed by atoms with Crippen LogP contribution in [-0.4, -0.2) is 165 Å². The fourth-order valence-electron chi connectivity index (χ4n) is 8.39. The summed E-state index contributed by atoms with van der Waals surface area (Å²) in [4.78, 5) is 130. The van der Waals surface area contributed by atoms with Crippen LogP contribution in [0.3, 0.4) is 0 Å². The molecule has 0 unspecified atom stereocenters. The van der Waals surface area contributed by atoms with Crippen LogP contribution in [0.5, 0.6) is 5.75 Å². The Morgan fingerprint density at radius 3 is 2.09 bits per heavy atom. The molecule has 2 aromatic carbocycles. The van der Waals surface area contributed by atoms with E-state index in [-0.39, 0.29) is 29.9 Å². The van der Waals surface area contributed by atoms with Crippen molar-refractivity contribution in [1.29, 1.82) is 0 Å². The zero-order chi connectivity index (χ0) is 58.0. The molecule has 1 saturated heterocycles. The smallest absolute Gasteiger partial charge is 0.332 e. The summed E-state index contributed by atoms with van der Waals surface area (Å²) in [6.45, 7) is 12.4. The number of aliphatic hydroxyl groups is 3. The predicted octanol–water partition coefficient (Wildman–Crippen LogP) is 1.14. The SMILES string of the molecule is CCCCSC[C@@]1(O)C=CC(=O)NCC(=O)OC[C@@H]2NC(=O)[C@@H]([C@@H](C)O)NC(=O)[C@H](Cc3ccccc3)N(C)C(=O)[C@@H](NC(=O)[C@@H]([C@@H](C)CC)NC(=O)[C@@H](NC(=O)[C@H](C)[C@H](O)C(C)C)[C@@H](C)OC2=O)c2ccc(cc2)O[C@@H]1C. The van der Waals surface area contributed by atoms with Gasteiger partial charge in [0.15, 0.2) is 6.04 Å². The Hall–Kier alpha value is -6.56. The molecule has 4 bridgehead atoms. The Labute approximate surface area is 460 Å². The Balaban J connectivity index is 2.02. The van der Waals surface area contributed by atoms with Gasteiger partial charge in [-0.05, 0) is 74.1 Å². The summed E-state index contributed by atoms with van der Waals surface area (Å²) in [5.41, 5.74) is -1.04. The minimum atomic E-state index is -1.97. The largest absolute Gasteiger partial charge is 0.487 e. The average molecular weight is 1110 g/mol. The predicted molar refractivity (Wildman–Crippen MR) is 289 cm³/mol. The molecule has 9 N–H and O–H groups in total. The first-order valence-corrected chi connectivity index (χ1v) is 27.6. The van der Waals surface area contributed by atoms with Crippen molar-refractivity contribution in [3.8, 4) is 5.75 Å². The number of nitrogens with one attached hydrogen (secondary N) is 6. The summed E-state index contributed by atoms with van der Waals surface area (Å²) in [6, 6.07) is 4.35. The lowest BCUT2D eigenvalue weighted by Crippen LogP contribution is -2.61. The number of hydrogen-bond donors (Lipinski definition) is 9. The zero-order valence-corrected chi connectivity index (χ0v) is 46.9. The molecule has 5 rings (SSSR count). The van der Waals surface area contributed by atoms with Gasteiger partial charge in [-0.1, -0.05) is 96.8 Å². The normalized spacial score (nSPS) is 27.2. The van der Waals surface area contributed by atoms with Crippen molar-refractivity contribution in [2.45, 2.75) is 154 Å². The molecule has 0 aliphatic carbocycles. The van der Waals surface area contributed by atoms with Crippen LogP contribution < -0.4 is 36.6 Å². The summed E-state index contributed by atoms with van der Waals surface area (Å²) >= 11 is 1.43. The van der Waals surface area contributed by atoms with Crippen molar-refractivity contribution in [1.82, 2.24) is 36.8 Å². The standard InChI is InChI=1S/C55H79N7O15S/c1-11-13-25-78-29-55(74)24-23-41(64)56-27-42(65)75-28-39-54(73)76-34(8)45(60-48(67)32(6)47(66)30(3)4)52(71)58-43(31(5)12-2)50(69)61-46(37-19-21-38(22-20-37)77-35(55)9)53(72)62(10)40(26-36-17-15-14-16-18-36)49(68)59-44(33(7)63)51(70)57-39/h14-24,30-35,39-40,43-47,63,66,74H,11-13,25-29H2,1-10H3,(H,56,64)(H,57,70)(H,58,71)(H,59,68)(H,60,67)(H,61,69)/t31-,32+,33+,34+,35+,39-,40-,43+,44+,45-,46-,47+,55-/m0/s1. The molecule has 0 radical (unpaired) electrons. The molecule has 3 aliphatic heterocycles. The highest BCUT2D eigenvalue weighted by Crippen LogP contribution is 2.28. The van der Waals surface area contributed by atoms with E-state index in [4.69, 9.17) is 14.2 Å². The van der Waals surface area contributed by atoms with Crippen molar-refractivity contribution in [3.63, 3.8) is 0 Å². The second-order valence-electron chi connectivity index (χ2n) is 20.4. The number of amides is 7. The van der Waals surface area contributed by atoms with Crippen molar-refractivity contribution < 1.29 is 72.7 Å². The molecule has 23 heteroatoms. The third kappa shape index (κ3) is 18.0. The van der Waals surface area contributed by atoms with Gasteiger partial charge in [0, 0.05) is 25.3 Å². The fraction of sp³-hybridized carbons (Fsp3) is 0.582. The lowest BCUT2D eigenvalue weighted by atomic mass is 9.93. The Morgan fingerprint density at radius 1 is 0.833 bits per heavy atom. The number of nitrogens with zero attached hydrogens (tertiary/aromatic N) is 1. The van der Waals surface area contributed by atoms with Gasteiger partial charge in [-0.15, -0.1) is 0 Å². The number of esters is 2. The van der Waals surface area contributed by atoms with Gasteiger partial charge >= 0.3 is 11.9 Å². The summed E-state index contributed by atoms with van der Waals surface area (Å²) < 4.78 is 17.4. The number of unbranched alkanes of at least 4 members (excludes halogenated alkanes) is 1. The molecule has 3 heterocycles. The molecule has 78 heavy (non-hydrogen) atoms. The van der Waals surface area contributed by atoms with E-state index in [1.165, 1.54) is 69.9 Å². The number of carbonyl (C=O) groups excluding carboxylic acids is 9. The van der Waals surface area contributed by atoms with Crippen molar-refractivity contribution in [2.24, 2.45) is 17.8 Å². The number of fused-ring (bicyclic) bond motifs is 11. The number of cyclic esters (lactones) is 1. The molecule has 1 fully saturated rings. The van der Waals surface area contributed by atoms with Crippen LogP contribution in [0.25, 0.3) is 0 Å². The van der Waals surface area contributed by atoms with Crippen molar-refractivity contribution >= 4 is 65.1 Å². The highest BCUT2D eigenvalue weighted by Gasteiger charge is 2.42. The number of hydrogen-bond acceptors (Lipinski definition) is 16. The molecular formula is C55H79N7O15S. The summed E-state index contributed by atoms with van der Waals surface area (Å²) in [6.07, 6.45) is -1.40. The summed E-state index contributed by atoms with van der Waals surface area (Å²) in [7, 11) is 1.31. The molecule has 430 valence electrons. The monoisotopic (exact) mass is 1110 g/mol. The van der Waals surface area contributed by atoms with Crippen LogP contribution in [0.15, 0.2) is 66.7 Å². The first-order valence-electron chi connectivity index (χ1n) is 26.4. The van der Waals surface area contributed by atoms with Gasteiger partial charge in [-0.25, -0.2) is 4.79 Å². The molecular weight excluding hydrogens is 1030 g/mol. The summed E-state index contributed by atoms with van der Waals surface area (Å²) in [5.74, 6) is -10.3. The van der Waals surface area contributed by atoms with Gasteiger partial charge in [0.25, 0.3) is 0 Å². The fourth-order valence-corrected chi connectivity index (χ4v) is 9.68. The number of ether oxygens (including phenoxy) is 3. The molecule has 2 aromatic rings. The quantitative estimate of drug-likeness (QED) is 0.0946. The topological polar surface area (TPSA) is 317 Å². The second kappa shape index (κ2) is 30.0. The molecule has 22 nitrogen and oxygen atoms in total. The molecule has 0 spiro atoms. The average Bonchev–Trinajstić information content (AvgIpc) is 3.42. The van der Waals surface area contributed by atoms with Gasteiger partial charge < -0.3 is 66.3 Å². The zero-order valence-electron chi connectivity index (χ0n) is 46.1. The van der Waals surface area contributed by atoms with Gasteiger partial charge in [-0.2, -0.15) is 11.8 Å². The number of rotatable bonds is 14. The van der Waals surface area contributed by atoms with Gasteiger partial charge in [0.1, 0.15) is 66.9 Å². The molecule has 0 aromatic heterocycles. The van der Waals surface area contributed by atoms with E-state index >= 15 is 4.79 Å². The number of thioether (sulfide) groups is 1. The van der Waals surface area contributed by atoms with Crippen LogP contribution in [0.4, 0.5) is 0 Å². The molecule has 3 aliphatic rings. The highest BCUT2D eigenvalue weighted by molar-refractivity contribution is 7.99. The van der Waals surface area contributed by atoms with E-state index in [9.17, 15) is 53.7 Å². The highest BCUT2D eigenvalue weighted by atomic mass is 32.2. The van der Waals surface area contributed by atoms with E-state index < -0.39 is 150 Å². The lowest BCUT2D eigenvalue weighted by Gasteiger charge is -2.34. The minimum absolute atomic E-state index is 0.0872. The Bertz CT molecular complexity index is 2430. The third-order valence-corrected chi connectivity index (χ3v) is 15.1. The molecule has 13 atom stereocenters. The second-order valence-corrected chi connectivity index (χ2v) is 21.5. The lowest BCUT2D eigenvalue weighted by molar-refractivity contribution is -0.160. The first kappa shape index (κ1) is 64.0. The number of aliphatic hydroxyl groups excluding tert-OH is 2. The third-order valence-electron chi connectivity index (χ3n) is 13.9. The van der Waals surface area contributed by atoms with E-state index in [1.54, 1.807) is 65.0 Å². The summed E-state index contributed by atoms with van der Waals surface area (Å²) in [5, 5.41) is 49.2. The van der Waals surface area contributed by atoms with E-state index in [0.29, 0.717) is 11.3 Å². The Morgan fingerprint density at radius 2 is 1.47 bits per heavy atom. The number of carbonyl (C=O) groups is 9. The van der Waals surface area contributed by atoms with Gasteiger partial charge in [0.2, 0.25) is 41.4 Å². The van der Waals surface area contributed by atoms with Gasteiger partial charge in [-0.3, -0.25) is 38.4 Å². The van der Waals surface area contributed by atoms with Crippen molar-refractivity contribution in [3.05, 3.63) is 77.9 Å². The molecule has 7 amide bonds. The Kier molecular flexibility index (Phi) is 24.6.